The number of aliphatic hydroxyl groups excluding tert-OH is 1. The van der Waals surface area contributed by atoms with Crippen molar-refractivity contribution in [2.75, 3.05) is 7.11 Å². The van der Waals surface area contributed by atoms with Crippen LogP contribution < -0.4 is 9.47 Å². The maximum Gasteiger partial charge on any atom is 0.125 e. The predicted octanol–water partition coefficient (Wildman–Crippen LogP) is 3.76. The SMILES string of the molecule is COc1cccc(CC(O)c2ccccc2OC(C)C)c1. The molecule has 0 bridgehead atoms. The van der Waals surface area contributed by atoms with Gasteiger partial charge in [-0.2, -0.15) is 0 Å². The zero-order valence-corrected chi connectivity index (χ0v) is 12.7. The van der Waals surface area contributed by atoms with Crippen LogP contribution >= 0.6 is 0 Å². The molecule has 0 aromatic heterocycles. The monoisotopic (exact) mass is 286 g/mol. The summed E-state index contributed by atoms with van der Waals surface area (Å²) in [7, 11) is 1.64. The van der Waals surface area contributed by atoms with Crippen LogP contribution in [0.1, 0.15) is 31.1 Å². The van der Waals surface area contributed by atoms with E-state index in [9.17, 15) is 5.11 Å². The summed E-state index contributed by atoms with van der Waals surface area (Å²) in [6.45, 7) is 3.95. The summed E-state index contributed by atoms with van der Waals surface area (Å²) < 4.78 is 11.0. The van der Waals surface area contributed by atoms with Crippen molar-refractivity contribution in [1.82, 2.24) is 0 Å². The number of rotatable bonds is 6. The molecule has 0 aliphatic rings. The molecule has 112 valence electrons. The van der Waals surface area contributed by atoms with Crippen molar-refractivity contribution in [3.63, 3.8) is 0 Å². The Kier molecular flexibility index (Phi) is 5.23. The minimum Gasteiger partial charge on any atom is -0.497 e. The van der Waals surface area contributed by atoms with Crippen LogP contribution in [0.4, 0.5) is 0 Å². The van der Waals surface area contributed by atoms with E-state index in [-0.39, 0.29) is 6.10 Å². The molecule has 21 heavy (non-hydrogen) atoms. The van der Waals surface area contributed by atoms with Gasteiger partial charge in [-0.25, -0.2) is 0 Å². The normalized spacial score (nSPS) is 12.2. The number of ether oxygens (including phenoxy) is 2. The van der Waals surface area contributed by atoms with Gasteiger partial charge >= 0.3 is 0 Å². The maximum absolute atomic E-state index is 10.5. The van der Waals surface area contributed by atoms with Crippen molar-refractivity contribution in [2.24, 2.45) is 0 Å². The van der Waals surface area contributed by atoms with Crippen LogP contribution in [-0.4, -0.2) is 18.3 Å². The largest absolute Gasteiger partial charge is 0.497 e. The van der Waals surface area contributed by atoms with Gasteiger partial charge in [0.25, 0.3) is 0 Å². The van der Waals surface area contributed by atoms with Crippen molar-refractivity contribution < 1.29 is 14.6 Å². The van der Waals surface area contributed by atoms with Crippen LogP contribution in [0.3, 0.4) is 0 Å². The Labute approximate surface area is 126 Å². The van der Waals surface area contributed by atoms with Gasteiger partial charge in [0.15, 0.2) is 0 Å². The molecule has 2 aromatic carbocycles. The molecular formula is C18H22O3. The van der Waals surface area contributed by atoms with Crippen LogP contribution in [0.2, 0.25) is 0 Å². The molecule has 1 N–H and O–H groups in total. The first kappa shape index (κ1) is 15.4. The van der Waals surface area contributed by atoms with Crippen LogP contribution in [0.15, 0.2) is 48.5 Å². The first-order valence-electron chi connectivity index (χ1n) is 7.16. The highest BCUT2D eigenvalue weighted by Crippen LogP contribution is 2.29. The number of para-hydroxylation sites is 1. The van der Waals surface area contributed by atoms with Crippen molar-refractivity contribution >= 4 is 0 Å². The zero-order valence-electron chi connectivity index (χ0n) is 12.7. The van der Waals surface area contributed by atoms with Crippen LogP contribution in [0.25, 0.3) is 0 Å². The van der Waals surface area contributed by atoms with E-state index in [1.54, 1.807) is 7.11 Å². The van der Waals surface area contributed by atoms with Gasteiger partial charge in [0.05, 0.1) is 19.3 Å². The predicted molar refractivity (Wildman–Crippen MR) is 83.9 cm³/mol. The lowest BCUT2D eigenvalue weighted by Gasteiger charge is -2.18. The van der Waals surface area contributed by atoms with Gasteiger partial charge in [-0.15, -0.1) is 0 Å². The molecule has 2 rings (SSSR count). The lowest BCUT2D eigenvalue weighted by Crippen LogP contribution is -2.10. The zero-order chi connectivity index (χ0) is 15.2. The van der Waals surface area contributed by atoms with Crippen LogP contribution in [0, 0.1) is 0 Å². The molecule has 2 aromatic rings. The standard InChI is InChI=1S/C18H22O3/c1-13(2)21-18-10-5-4-9-16(18)17(19)12-14-7-6-8-15(11-14)20-3/h4-11,13,17,19H,12H2,1-3H3. The Hall–Kier alpha value is -2.00. The minimum atomic E-state index is -0.605. The first-order valence-corrected chi connectivity index (χ1v) is 7.16. The summed E-state index contributed by atoms with van der Waals surface area (Å²) >= 11 is 0. The third kappa shape index (κ3) is 4.23. The van der Waals surface area contributed by atoms with Gasteiger partial charge in [0, 0.05) is 12.0 Å². The van der Waals surface area contributed by atoms with E-state index in [1.165, 1.54) is 0 Å². The molecule has 3 heteroatoms. The van der Waals surface area contributed by atoms with Crippen molar-refractivity contribution in [3.8, 4) is 11.5 Å². The quantitative estimate of drug-likeness (QED) is 0.878. The van der Waals surface area contributed by atoms with Gasteiger partial charge in [0.2, 0.25) is 0 Å². The Morgan fingerprint density at radius 3 is 2.52 bits per heavy atom. The lowest BCUT2D eigenvalue weighted by atomic mass is 10.0. The first-order chi connectivity index (χ1) is 10.1. The molecular weight excluding hydrogens is 264 g/mol. The summed E-state index contributed by atoms with van der Waals surface area (Å²) in [6.07, 6.45) is -0.00224. The molecule has 0 fully saturated rings. The third-order valence-corrected chi connectivity index (χ3v) is 3.20. The summed E-state index contributed by atoms with van der Waals surface area (Å²) in [5.74, 6) is 1.54. The number of methoxy groups -OCH3 is 1. The van der Waals surface area contributed by atoms with E-state index in [2.05, 4.69) is 0 Å². The average molecular weight is 286 g/mol. The Morgan fingerprint density at radius 2 is 1.81 bits per heavy atom. The molecule has 1 unspecified atom stereocenters. The number of benzene rings is 2. The molecule has 0 aliphatic heterocycles. The van der Waals surface area contributed by atoms with E-state index < -0.39 is 6.10 Å². The van der Waals surface area contributed by atoms with E-state index >= 15 is 0 Å². The average Bonchev–Trinajstić information content (AvgIpc) is 2.47. The highest BCUT2D eigenvalue weighted by atomic mass is 16.5. The Morgan fingerprint density at radius 1 is 1.05 bits per heavy atom. The van der Waals surface area contributed by atoms with Gasteiger partial charge in [-0.05, 0) is 37.6 Å². The number of aliphatic hydroxyl groups is 1. The lowest BCUT2D eigenvalue weighted by molar-refractivity contribution is 0.166. The molecule has 0 aliphatic carbocycles. The summed E-state index contributed by atoms with van der Waals surface area (Å²) in [5.41, 5.74) is 1.84. The Bertz CT molecular complexity index is 578. The summed E-state index contributed by atoms with van der Waals surface area (Å²) in [6, 6.07) is 15.4. The van der Waals surface area contributed by atoms with Gasteiger partial charge < -0.3 is 14.6 Å². The van der Waals surface area contributed by atoms with Gasteiger partial charge in [-0.3, -0.25) is 0 Å². The van der Waals surface area contributed by atoms with E-state index in [1.807, 2.05) is 62.4 Å². The fraction of sp³-hybridized carbons (Fsp3) is 0.333. The molecule has 0 saturated heterocycles. The second kappa shape index (κ2) is 7.14. The molecule has 0 amide bonds. The number of hydrogen-bond donors (Lipinski definition) is 1. The molecule has 0 heterocycles. The van der Waals surface area contributed by atoms with Crippen LogP contribution in [0.5, 0.6) is 11.5 Å². The van der Waals surface area contributed by atoms with E-state index in [0.717, 1.165) is 22.6 Å². The van der Waals surface area contributed by atoms with Crippen molar-refractivity contribution in [3.05, 3.63) is 59.7 Å². The van der Waals surface area contributed by atoms with Gasteiger partial charge in [0.1, 0.15) is 11.5 Å². The fourth-order valence-corrected chi connectivity index (χ4v) is 2.25. The number of hydrogen-bond acceptors (Lipinski definition) is 3. The Balaban J connectivity index is 2.17. The second-order valence-electron chi connectivity index (χ2n) is 5.28. The van der Waals surface area contributed by atoms with Crippen LogP contribution in [-0.2, 0) is 6.42 Å². The minimum absolute atomic E-state index is 0.0789. The summed E-state index contributed by atoms with van der Waals surface area (Å²) in [5, 5.41) is 10.5. The van der Waals surface area contributed by atoms with E-state index in [0.29, 0.717) is 6.42 Å². The van der Waals surface area contributed by atoms with E-state index in [4.69, 9.17) is 9.47 Å². The second-order valence-corrected chi connectivity index (χ2v) is 5.28. The molecule has 0 spiro atoms. The molecule has 3 nitrogen and oxygen atoms in total. The molecule has 0 saturated carbocycles. The highest BCUT2D eigenvalue weighted by Gasteiger charge is 2.15. The fourth-order valence-electron chi connectivity index (χ4n) is 2.25. The molecule has 1 atom stereocenters. The highest BCUT2D eigenvalue weighted by molar-refractivity contribution is 5.37. The third-order valence-electron chi connectivity index (χ3n) is 3.20. The summed E-state index contributed by atoms with van der Waals surface area (Å²) in [4.78, 5) is 0. The molecule has 0 radical (unpaired) electrons. The smallest absolute Gasteiger partial charge is 0.125 e. The van der Waals surface area contributed by atoms with Crippen molar-refractivity contribution in [1.29, 1.82) is 0 Å². The van der Waals surface area contributed by atoms with Crippen molar-refractivity contribution in [2.45, 2.75) is 32.5 Å². The maximum atomic E-state index is 10.5. The topological polar surface area (TPSA) is 38.7 Å². The van der Waals surface area contributed by atoms with Gasteiger partial charge in [-0.1, -0.05) is 30.3 Å².